The van der Waals surface area contributed by atoms with Gasteiger partial charge in [0.2, 0.25) is 0 Å². The number of rotatable bonds is 0. The zero-order valence-corrected chi connectivity index (χ0v) is 9.83. The van der Waals surface area contributed by atoms with E-state index in [9.17, 15) is 0 Å². The summed E-state index contributed by atoms with van der Waals surface area (Å²) in [5, 5.41) is 3.83. The van der Waals surface area contributed by atoms with Crippen LogP contribution in [0.4, 0.5) is 0 Å². The quantitative estimate of drug-likeness (QED) is 0.608. The van der Waals surface area contributed by atoms with Crippen molar-refractivity contribution in [1.82, 2.24) is 15.3 Å². The summed E-state index contributed by atoms with van der Waals surface area (Å²) in [6.07, 6.45) is 0. The molecule has 2 aromatic rings. The van der Waals surface area contributed by atoms with Gasteiger partial charge in [0.05, 0.1) is 24.2 Å². The van der Waals surface area contributed by atoms with Crippen LogP contribution >= 0.6 is 12.6 Å². The molecule has 2 N–H and O–H groups in total. The van der Waals surface area contributed by atoms with Gasteiger partial charge in [-0.15, -0.1) is 12.6 Å². The third kappa shape index (κ3) is 3.23. The highest BCUT2D eigenvalue weighted by Crippen LogP contribution is 2.11. The number of benzene rings is 1. The largest absolute Gasteiger partial charge is 0.379 e. The van der Waals surface area contributed by atoms with E-state index in [1.165, 1.54) is 0 Å². The Kier molecular flexibility index (Phi) is 4.21. The lowest BCUT2D eigenvalue weighted by Gasteiger charge is -2.10. The van der Waals surface area contributed by atoms with Gasteiger partial charge in [-0.05, 0) is 12.1 Å². The topological polar surface area (TPSA) is 49.9 Å². The van der Waals surface area contributed by atoms with E-state index in [0.717, 1.165) is 37.3 Å². The zero-order valence-electron chi connectivity index (χ0n) is 8.94. The number of nitrogens with one attached hydrogen (secondary N) is 2. The van der Waals surface area contributed by atoms with E-state index in [-0.39, 0.29) is 0 Å². The van der Waals surface area contributed by atoms with Gasteiger partial charge in [0.1, 0.15) is 0 Å². The van der Waals surface area contributed by atoms with Crippen LogP contribution in [0.25, 0.3) is 11.0 Å². The highest BCUT2D eigenvalue weighted by Gasteiger charge is 1.94. The predicted octanol–water partition coefficient (Wildman–Crippen LogP) is 1.46. The second-order valence-corrected chi connectivity index (χ2v) is 3.86. The molecule has 16 heavy (non-hydrogen) atoms. The first kappa shape index (κ1) is 11.4. The minimum Gasteiger partial charge on any atom is -0.379 e. The van der Waals surface area contributed by atoms with Crippen molar-refractivity contribution in [3.05, 3.63) is 24.3 Å². The van der Waals surface area contributed by atoms with Crippen LogP contribution in [-0.4, -0.2) is 36.3 Å². The number of aromatic amines is 1. The van der Waals surface area contributed by atoms with Gasteiger partial charge >= 0.3 is 0 Å². The van der Waals surface area contributed by atoms with Crippen molar-refractivity contribution in [3.8, 4) is 0 Å². The standard InChI is InChI=1S/C7H6N2S.C4H9NO/c10-7-8-5-3-1-2-4-6(5)9-7;1-3-6-4-2-5-1/h1-4H,(H2,8,9,10);5H,1-4H2. The average Bonchev–Trinajstić information content (AvgIpc) is 2.72. The summed E-state index contributed by atoms with van der Waals surface area (Å²) in [5.74, 6) is 0. The van der Waals surface area contributed by atoms with Crippen molar-refractivity contribution >= 4 is 23.7 Å². The summed E-state index contributed by atoms with van der Waals surface area (Å²) in [7, 11) is 0. The van der Waals surface area contributed by atoms with Crippen molar-refractivity contribution in [2.75, 3.05) is 26.3 Å². The number of morpholine rings is 1. The molecule has 0 amide bonds. The second kappa shape index (κ2) is 5.89. The molecule has 1 saturated heterocycles. The number of ether oxygens (including phenoxy) is 1. The number of aromatic nitrogens is 2. The number of fused-ring (bicyclic) bond motifs is 1. The Labute approximate surface area is 99.8 Å². The highest BCUT2D eigenvalue weighted by atomic mass is 32.1. The summed E-state index contributed by atoms with van der Waals surface area (Å²) < 4.78 is 5.01. The lowest BCUT2D eigenvalue weighted by atomic mass is 10.3. The monoisotopic (exact) mass is 237 g/mol. The van der Waals surface area contributed by atoms with Crippen molar-refractivity contribution < 1.29 is 4.74 Å². The Morgan fingerprint density at radius 2 is 1.94 bits per heavy atom. The molecule has 0 saturated carbocycles. The molecule has 2 heterocycles. The molecule has 1 aliphatic heterocycles. The minimum atomic E-state index is 0.668. The number of para-hydroxylation sites is 2. The van der Waals surface area contributed by atoms with E-state index < -0.39 is 0 Å². The van der Waals surface area contributed by atoms with Crippen LogP contribution in [0, 0.1) is 0 Å². The fraction of sp³-hybridized carbons (Fsp3) is 0.364. The smallest absolute Gasteiger partial charge is 0.163 e. The molecule has 5 heteroatoms. The van der Waals surface area contributed by atoms with E-state index >= 15 is 0 Å². The summed E-state index contributed by atoms with van der Waals surface area (Å²) >= 11 is 4.08. The van der Waals surface area contributed by atoms with Gasteiger partial charge in [-0.1, -0.05) is 12.1 Å². The van der Waals surface area contributed by atoms with Gasteiger partial charge in [-0.25, -0.2) is 4.98 Å². The number of thiol groups is 1. The van der Waals surface area contributed by atoms with Crippen LogP contribution in [0.15, 0.2) is 29.4 Å². The van der Waals surface area contributed by atoms with E-state index in [1.807, 2.05) is 24.3 Å². The molecular formula is C11H15N3OS. The van der Waals surface area contributed by atoms with Gasteiger partial charge in [0, 0.05) is 13.1 Å². The van der Waals surface area contributed by atoms with Crippen LogP contribution in [0.1, 0.15) is 0 Å². The summed E-state index contributed by atoms with van der Waals surface area (Å²) in [5.41, 5.74) is 2.00. The van der Waals surface area contributed by atoms with E-state index in [4.69, 9.17) is 4.74 Å². The van der Waals surface area contributed by atoms with E-state index in [0.29, 0.717) is 5.16 Å². The van der Waals surface area contributed by atoms with Crippen molar-refractivity contribution in [1.29, 1.82) is 0 Å². The van der Waals surface area contributed by atoms with Crippen LogP contribution in [0.2, 0.25) is 0 Å². The molecule has 0 unspecified atom stereocenters. The van der Waals surface area contributed by atoms with Crippen LogP contribution in [0.3, 0.4) is 0 Å². The Bertz CT molecular complexity index is 395. The third-order valence-corrected chi connectivity index (χ3v) is 2.44. The lowest BCUT2D eigenvalue weighted by Crippen LogP contribution is -2.30. The molecule has 1 aromatic carbocycles. The summed E-state index contributed by atoms with van der Waals surface area (Å²) in [6.45, 7) is 3.83. The molecule has 0 radical (unpaired) electrons. The van der Waals surface area contributed by atoms with Gasteiger partial charge in [0.15, 0.2) is 5.16 Å². The SMILES string of the molecule is C1COCCN1.Sc1nc2ccccc2[nH]1. The molecule has 0 spiro atoms. The first-order valence-corrected chi connectivity index (χ1v) is 5.73. The number of H-pyrrole nitrogens is 1. The average molecular weight is 237 g/mol. The molecule has 3 rings (SSSR count). The van der Waals surface area contributed by atoms with Crippen molar-refractivity contribution in [2.24, 2.45) is 0 Å². The maximum Gasteiger partial charge on any atom is 0.163 e. The van der Waals surface area contributed by atoms with Gasteiger partial charge in [-0.3, -0.25) is 0 Å². The van der Waals surface area contributed by atoms with Crippen molar-refractivity contribution in [2.45, 2.75) is 5.16 Å². The van der Waals surface area contributed by atoms with Gasteiger partial charge in [-0.2, -0.15) is 0 Å². The number of nitrogens with zero attached hydrogens (tertiary/aromatic N) is 1. The third-order valence-electron chi connectivity index (χ3n) is 2.22. The Morgan fingerprint density at radius 1 is 1.19 bits per heavy atom. The molecular weight excluding hydrogens is 222 g/mol. The molecule has 4 nitrogen and oxygen atoms in total. The highest BCUT2D eigenvalue weighted by molar-refractivity contribution is 7.80. The maximum atomic E-state index is 5.01. The Hall–Kier alpha value is -1.04. The fourth-order valence-electron chi connectivity index (χ4n) is 1.46. The molecule has 0 bridgehead atoms. The van der Waals surface area contributed by atoms with Gasteiger partial charge in [0.25, 0.3) is 0 Å². The number of hydrogen-bond donors (Lipinski definition) is 3. The Balaban J connectivity index is 0.000000138. The molecule has 1 fully saturated rings. The number of hydrogen-bond acceptors (Lipinski definition) is 4. The molecule has 0 atom stereocenters. The predicted molar refractivity (Wildman–Crippen MR) is 67.0 cm³/mol. The minimum absolute atomic E-state index is 0.668. The first-order chi connectivity index (χ1) is 7.86. The Morgan fingerprint density at radius 3 is 2.50 bits per heavy atom. The summed E-state index contributed by atoms with van der Waals surface area (Å²) in [4.78, 5) is 7.13. The second-order valence-electron chi connectivity index (χ2n) is 3.44. The molecule has 1 aromatic heterocycles. The fourth-order valence-corrected chi connectivity index (χ4v) is 1.68. The van der Waals surface area contributed by atoms with Gasteiger partial charge < -0.3 is 15.0 Å². The summed E-state index contributed by atoms with van der Waals surface area (Å²) in [6, 6.07) is 7.84. The van der Waals surface area contributed by atoms with E-state index in [1.54, 1.807) is 0 Å². The van der Waals surface area contributed by atoms with Crippen LogP contribution < -0.4 is 5.32 Å². The van der Waals surface area contributed by atoms with E-state index in [2.05, 4.69) is 27.9 Å². The maximum absolute atomic E-state index is 5.01. The van der Waals surface area contributed by atoms with Crippen LogP contribution in [-0.2, 0) is 4.74 Å². The van der Waals surface area contributed by atoms with Crippen LogP contribution in [0.5, 0.6) is 0 Å². The first-order valence-electron chi connectivity index (χ1n) is 5.28. The molecule has 1 aliphatic rings. The lowest BCUT2D eigenvalue weighted by molar-refractivity contribution is 0.109. The van der Waals surface area contributed by atoms with Crippen molar-refractivity contribution in [3.63, 3.8) is 0 Å². The zero-order chi connectivity index (χ0) is 11.2. The molecule has 0 aliphatic carbocycles. The molecule has 86 valence electrons. The normalized spacial score (nSPS) is 15.6. The number of imidazole rings is 1.